The highest BCUT2D eigenvalue weighted by molar-refractivity contribution is 7.89. The molecule has 2 rings (SSSR count). The number of amides is 1. The van der Waals surface area contributed by atoms with Crippen LogP contribution in [-0.2, 0) is 16.6 Å². The molecule has 136 valence electrons. The number of hydrogen-bond donors (Lipinski definition) is 2. The van der Waals surface area contributed by atoms with Crippen LogP contribution < -0.4 is 14.9 Å². The van der Waals surface area contributed by atoms with Crippen molar-refractivity contribution in [2.45, 2.75) is 11.4 Å². The number of terminal acetylenes is 1. The van der Waals surface area contributed by atoms with E-state index in [9.17, 15) is 13.2 Å². The van der Waals surface area contributed by atoms with Crippen molar-refractivity contribution in [3.8, 4) is 12.3 Å². The van der Waals surface area contributed by atoms with E-state index < -0.39 is 10.0 Å². The van der Waals surface area contributed by atoms with Gasteiger partial charge in [0.2, 0.25) is 10.0 Å². The topological polar surface area (TPSA) is 78.5 Å². The second-order valence-corrected chi connectivity index (χ2v) is 7.56. The van der Waals surface area contributed by atoms with Crippen LogP contribution >= 0.6 is 0 Å². The second-order valence-electron chi connectivity index (χ2n) is 5.80. The number of carbonyl (C=O) groups excluding carboxylic acids is 1. The van der Waals surface area contributed by atoms with Gasteiger partial charge in [0.05, 0.1) is 11.4 Å². The first-order valence-corrected chi connectivity index (χ1v) is 9.39. The van der Waals surface area contributed by atoms with Gasteiger partial charge in [0.1, 0.15) is 0 Å². The Balaban J connectivity index is 1.98. The normalized spacial score (nSPS) is 10.8. The van der Waals surface area contributed by atoms with Gasteiger partial charge >= 0.3 is 0 Å². The number of hydrogen-bond acceptors (Lipinski definition) is 4. The molecule has 0 aliphatic heterocycles. The molecule has 0 saturated carbocycles. The minimum atomic E-state index is -3.66. The van der Waals surface area contributed by atoms with Gasteiger partial charge in [0.15, 0.2) is 0 Å². The highest BCUT2D eigenvalue weighted by Gasteiger charge is 2.14. The van der Waals surface area contributed by atoms with E-state index in [4.69, 9.17) is 6.42 Å². The highest BCUT2D eigenvalue weighted by atomic mass is 32.2. The summed E-state index contributed by atoms with van der Waals surface area (Å²) in [5, 5.41) is 2.81. The lowest BCUT2D eigenvalue weighted by Gasteiger charge is -2.13. The maximum Gasteiger partial charge on any atom is 0.251 e. The van der Waals surface area contributed by atoms with E-state index in [0.29, 0.717) is 12.1 Å². The lowest BCUT2D eigenvalue weighted by atomic mass is 10.2. The zero-order valence-corrected chi connectivity index (χ0v) is 15.5. The Labute approximate surface area is 154 Å². The van der Waals surface area contributed by atoms with Gasteiger partial charge < -0.3 is 10.2 Å². The third kappa shape index (κ3) is 5.09. The van der Waals surface area contributed by atoms with Crippen molar-refractivity contribution >= 4 is 21.6 Å². The van der Waals surface area contributed by atoms with Crippen LogP contribution in [0, 0.1) is 12.3 Å². The van der Waals surface area contributed by atoms with Crippen molar-refractivity contribution in [3.05, 3.63) is 59.7 Å². The third-order valence-electron chi connectivity index (χ3n) is 3.70. The van der Waals surface area contributed by atoms with E-state index in [0.717, 1.165) is 11.3 Å². The molecule has 0 bridgehead atoms. The van der Waals surface area contributed by atoms with Gasteiger partial charge in [-0.05, 0) is 42.0 Å². The average molecular weight is 371 g/mol. The predicted molar refractivity (Wildman–Crippen MR) is 102 cm³/mol. The third-order valence-corrected chi connectivity index (χ3v) is 5.11. The van der Waals surface area contributed by atoms with Crippen LogP contribution in [0.25, 0.3) is 0 Å². The lowest BCUT2D eigenvalue weighted by Crippen LogP contribution is -2.25. The number of rotatable bonds is 7. The molecule has 0 radical (unpaired) electrons. The molecule has 7 heteroatoms. The molecular formula is C19H21N3O3S. The van der Waals surface area contributed by atoms with Crippen LogP contribution in [0.5, 0.6) is 0 Å². The standard InChI is InChI=1S/C19H21N3O3S/c1-4-13-21-26(24,25)18-11-7-16(8-12-18)19(23)20-14-15-5-9-17(10-6-15)22(2)3/h1,5-12,21H,13-14H2,2-3H3,(H,20,23). The molecule has 0 saturated heterocycles. The molecule has 0 aromatic heterocycles. The van der Waals surface area contributed by atoms with E-state index >= 15 is 0 Å². The van der Waals surface area contributed by atoms with Gasteiger partial charge in [-0.3, -0.25) is 4.79 Å². The zero-order valence-electron chi connectivity index (χ0n) is 14.7. The molecule has 0 atom stereocenters. The maximum atomic E-state index is 12.2. The summed E-state index contributed by atoms with van der Waals surface area (Å²) >= 11 is 0. The van der Waals surface area contributed by atoms with E-state index in [2.05, 4.69) is 16.0 Å². The lowest BCUT2D eigenvalue weighted by molar-refractivity contribution is 0.0951. The Morgan fingerprint density at radius 1 is 1.08 bits per heavy atom. The smallest absolute Gasteiger partial charge is 0.251 e. The molecule has 2 N–H and O–H groups in total. The first-order valence-electron chi connectivity index (χ1n) is 7.91. The Kier molecular flexibility index (Phi) is 6.39. The Bertz CT molecular complexity index is 897. The van der Waals surface area contributed by atoms with E-state index in [1.165, 1.54) is 24.3 Å². The quantitative estimate of drug-likeness (QED) is 0.725. The van der Waals surface area contributed by atoms with Crippen molar-refractivity contribution in [2.24, 2.45) is 0 Å². The van der Waals surface area contributed by atoms with Crippen molar-refractivity contribution in [1.29, 1.82) is 0 Å². The van der Waals surface area contributed by atoms with E-state index in [1.54, 1.807) is 0 Å². The van der Waals surface area contributed by atoms with Crippen molar-refractivity contribution in [2.75, 3.05) is 25.5 Å². The summed E-state index contributed by atoms with van der Waals surface area (Å²) in [7, 11) is 0.263. The fourth-order valence-corrected chi connectivity index (χ4v) is 3.14. The highest BCUT2D eigenvalue weighted by Crippen LogP contribution is 2.13. The molecule has 26 heavy (non-hydrogen) atoms. The number of carbonyl (C=O) groups is 1. The molecule has 0 aliphatic carbocycles. The fourth-order valence-electron chi connectivity index (χ4n) is 2.20. The second kappa shape index (κ2) is 8.52. The number of benzene rings is 2. The molecule has 0 spiro atoms. The first-order chi connectivity index (χ1) is 12.3. The molecule has 0 aliphatic rings. The van der Waals surface area contributed by atoms with Crippen LogP contribution in [0.4, 0.5) is 5.69 Å². The Morgan fingerprint density at radius 3 is 2.23 bits per heavy atom. The fraction of sp³-hybridized carbons (Fsp3) is 0.211. The molecule has 0 fully saturated rings. The summed E-state index contributed by atoms with van der Waals surface area (Å²) in [5.74, 6) is 1.93. The van der Waals surface area contributed by atoms with Crippen LogP contribution in [-0.4, -0.2) is 35.0 Å². The minimum Gasteiger partial charge on any atom is -0.378 e. The molecule has 6 nitrogen and oxygen atoms in total. The van der Waals surface area contributed by atoms with Gasteiger partial charge in [0.25, 0.3) is 5.91 Å². The van der Waals surface area contributed by atoms with Crippen LogP contribution in [0.1, 0.15) is 15.9 Å². The van der Waals surface area contributed by atoms with E-state index in [1.807, 2.05) is 43.3 Å². The van der Waals surface area contributed by atoms with Crippen molar-refractivity contribution in [3.63, 3.8) is 0 Å². The molecule has 0 unspecified atom stereocenters. The number of anilines is 1. The Hall–Kier alpha value is -2.82. The predicted octanol–water partition coefficient (Wildman–Crippen LogP) is 1.59. The van der Waals surface area contributed by atoms with Gasteiger partial charge in [-0.25, -0.2) is 8.42 Å². The summed E-state index contributed by atoms with van der Waals surface area (Å²) in [6, 6.07) is 13.5. The largest absolute Gasteiger partial charge is 0.378 e. The molecular weight excluding hydrogens is 350 g/mol. The Morgan fingerprint density at radius 2 is 1.69 bits per heavy atom. The summed E-state index contributed by atoms with van der Waals surface area (Å²) in [4.78, 5) is 14.3. The van der Waals surface area contributed by atoms with Gasteiger partial charge in [-0.2, -0.15) is 4.72 Å². The molecule has 2 aromatic rings. The van der Waals surface area contributed by atoms with Gasteiger partial charge in [0, 0.05) is 31.9 Å². The maximum absolute atomic E-state index is 12.2. The summed E-state index contributed by atoms with van der Waals surface area (Å²) in [6.45, 7) is 0.299. The SMILES string of the molecule is C#CCNS(=O)(=O)c1ccc(C(=O)NCc2ccc(N(C)C)cc2)cc1. The summed E-state index contributed by atoms with van der Waals surface area (Å²) < 4.78 is 26.2. The van der Waals surface area contributed by atoms with Gasteiger partial charge in [-0.15, -0.1) is 6.42 Å². The molecule has 0 heterocycles. The minimum absolute atomic E-state index is 0.0589. The summed E-state index contributed by atoms with van der Waals surface area (Å²) in [6.07, 6.45) is 5.05. The van der Waals surface area contributed by atoms with Crippen LogP contribution in [0.15, 0.2) is 53.4 Å². The molecule has 1 amide bonds. The monoisotopic (exact) mass is 371 g/mol. The average Bonchev–Trinajstić information content (AvgIpc) is 2.65. The van der Waals surface area contributed by atoms with E-state index in [-0.39, 0.29) is 17.3 Å². The van der Waals surface area contributed by atoms with Crippen molar-refractivity contribution < 1.29 is 13.2 Å². The van der Waals surface area contributed by atoms with Crippen LogP contribution in [0.2, 0.25) is 0 Å². The number of sulfonamides is 1. The van der Waals surface area contributed by atoms with Crippen LogP contribution in [0.3, 0.4) is 0 Å². The number of nitrogens with one attached hydrogen (secondary N) is 2. The van der Waals surface area contributed by atoms with Gasteiger partial charge in [-0.1, -0.05) is 18.1 Å². The first kappa shape index (κ1) is 19.5. The molecule has 2 aromatic carbocycles. The van der Waals surface area contributed by atoms with Crippen molar-refractivity contribution in [1.82, 2.24) is 10.0 Å². The summed E-state index contributed by atoms with van der Waals surface area (Å²) in [5.41, 5.74) is 2.43. The zero-order chi connectivity index (χ0) is 19.2. The number of nitrogens with zero attached hydrogens (tertiary/aromatic N) is 1.